The number of hydrogen-bond acceptors (Lipinski definition) is 5. The molecule has 6 heteroatoms. The van der Waals surface area contributed by atoms with Crippen molar-refractivity contribution in [3.8, 4) is 11.5 Å². The monoisotopic (exact) mass is 348 g/mol. The lowest BCUT2D eigenvalue weighted by atomic mass is 10.1. The van der Waals surface area contributed by atoms with Crippen molar-refractivity contribution in [2.45, 2.75) is 6.92 Å². The number of Topliss-reactive ketones (excluding diaryl/α,β-unsaturated/α-hetero) is 1. The molecule has 0 saturated heterocycles. The maximum absolute atomic E-state index is 12.1. The van der Waals surface area contributed by atoms with Gasteiger partial charge in [-0.25, -0.2) is 4.79 Å². The van der Waals surface area contributed by atoms with E-state index in [2.05, 4.69) is 0 Å². The summed E-state index contributed by atoms with van der Waals surface area (Å²) in [5.74, 6) is 0.0450. The number of carbonyl (C=O) groups is 2. The van der Waals surface area contributed by atoms with Crippen LogP contribution in [-0.4, -0.2) is 32.1 Å². The molecule has 0 bridgehead atoms. The third kappa shape index (κ3) is 4.49. The highest BCUT2D eigenvalue weighted by molar-refractivity contribution is 6.30. The van der Waals surface area contributed by atoms with E-state index in [1.165, 1.54) is 13.2 Å². The second kappa shape index (κ2) is 8.36. The minimum atomic E-state index is -0.610. The SMILES string of the molecule is CCOc1cc(C(=O)OCC(=O)c2ccc(Cl)cc2)ccc1OC. The Hall–Kier alpha value is -2.53. The highest BCUT2D eigenvalue weighted by atomic mass is 35.5. The van der Waals surface area contributed by atoms with Gasteiger partial charge in [0.25, 0.3) is 0 Å². The van der Waals surface area contributed by atoms with Gasteiger partial charge in [0.05, 0.1) is 19.3 Å². The van der Waals surface area contributed by atoms with E-state index in [0.29, 0.717) is 28.7 Å². The van der Waals surface area contributed by atoms with E-state index in [9.17, 15) is 9.59 Å². The number of benzene rings is 2. The Balaban J connectivity index is 2.03. The molecule has 0 aromatic heterocycles. The average molecular weight is 349 g/mol. The number of halogens is 1. The zero-order valence-corrected chi connectivity index (χ0v) is 14.1. The summed E-state index contributed by atoms with van der Waals surface area (Å²) < 4.78 is 15.6. The minimum absolute atomic E-state index is 0.281. The Morgan fingerprint density at radius 3 is 2.29 bits per heavy atom. The van der Waals surface area contributed by atoms with E-state index in [4.69, 9.17) is 25.8 Å². The van der Waals surface area contributed by atoms with Crippen molar-refractivity contribution >= 4 is 23.4 Å². The van der Waals surface area contributed by atoms with Gasteiger partial charge in [-0.1, -0.05) is 11.6 Å². The zero-order valence-electron chi connectivity index (χ0n) is 13.4. The molecule has 2 rings (SSSR count). The van der Waals surface area contributed by atoms with Crippen molar-refractivity contribution in [3.63, 3.8) is 0 Å². The molecule has 0 atom stereocenters. The van der Waals surface area contributed by atoms with E-state index in [-0.39, 0.29) is 18.0 Å². The molecule has 0 aliphatic carbocycles. The quantitative estimate of drug-likeness (QED) is 0.562. The second-order valence-corrected chi connectivity index (χ2v) is 5.24. The van der Waals surface area contributed by atoms with E-state index in [1.807, 2.05) is 6.92 Å². The molecule has 0 aliphatic heterocycles. The fraction of sp³-hybridized carbons (Fsp3) is 0.222. The minimum Gasteiger partial charge on any atom is -0.493 e. The van der Waals surface area contributed by atoms with Crippen LogP contribution in [0, 0.1) is 0 Å². The Labute approximate surface area is 145 Å². The second-order valence-electron chi connectivity index (χ2n) is 4.80. The molecule has 2 aromatic rings. The lowest BCUT2D eigenvalue weighted by Gasteiger charge is -2.11. The summed E-state index contributed by atoms with van der Waals surface area (Å²) >= 11 is 5.77. The van der Waals surface area contributed by atoms with Gasteiger partial charge in [0.1, 0.15) is 0 Å². The smallest absolute Gasteiger partial charge is 0.338 e. The van der Waals surface area contributed by atoms with Gasteiger partial charge in [-0.3, -0.25) is 4.79 Å². The number of ether oxygens (including phenoxy) is 3. The van der Waals surface area contributed by atoms with E-state index < -0.39 is 5.97 Å². The zero-order chi connectivity index (χ0) is 17.5. The largest absolute Gasteiger partial charge is 0.493 e. The van der Waals surface area contributed by atoms with Crippen LogP contribution in [-0.2, 0) is 4.74 Å². The summed E-state index contributed by atoms with van der Waals surface area (Å²) in [4.78, 5) is 24.1. The fourth-order valence-corrected chi connectivity index (χ4v) is 2.13. The summed E-state index contributed by atoms with van der Waals surface area (Å²) in [5.41, 5.74) is 0.708. The molecule has 5 nitrogen and oxygen atoms in total. The first-order valence-corrected chi connectivity index (χ1v) is 7.69. The van der Waals surface area contributed by atoms with Crippen molar-refractivity contribution in [2.24, 2.45) is 0 Å². The molecule has 0 radical (unpaired) electrons. The summed E-state index contributed by atoms with van der Waals surface area (Å²) in [6, 6.07) is 11.1. The van der Waals surface area contributed by atoms with Crippen LogP contribution in [0.15, 0.2) is 42.5 Å². The van der Waals surface area contributed by atoms with Crippen LogP contribution in [0.3, 0.4) is 0 Å². The average Bonchev–Trinajstić information content (AvgIpc) is 2.60. The molecule has 126 valence electrons. The molecule has 2 aromatic carbocycles. The van der Waals surface area contributed by atoms with Crippen LogP contribution in [0.25, 0.3) is 0 Å². The maximum Gasteiger partial charge on any atom is 0.338 e. The molecular formula is C18H17ClO5. The van der Waals surface area contributed by atoms with Crippen molar-refractivity contribution in [1.82, 2.24) is 0 Å². The van der Waals surface area contributed by atoms with Crippen LogP contribution in [0.4, 0.5) is 0 Å². The van der Waals surface area contributed by atoms with E-state index in [0.717, 1.165) is 0 Å². The van der Waals surface area contributed by atoms with E-state index in [1.54, 1.807) is 36.4 Å². The van der Waals surface area contributed by atoms with Crippen LogP contribution < -0.4 is 9.47 Å². The normalized spacial score (nSPS) is 10.1. The molecule has 24 heavy (non-hydrogen) atoms. The number of methoxy groups -OCH3 is 1. The summed E-state index contributed by atoms with van der Waals surface area (Å²) in [6.45, 7) is 1.91. The van der Waals surface area contributed by atoms with Gasteiger partial charge in [-0.05, 0) is 49.4 Å². The fourth-order valence-electron chi connectivity index (χ4n) is 2.01. The highest BCUT2D eigenvalue weighted by Gasteiger charge is 2.14. The Morgan fingerprint density at radius 2 is 1.67 bits per heavy atom. The first kappa shape index (κ1) is 17.8. The lowest BCUT2D eigenvalue weighted by Crippen LogP contribution is -2.14. The molecule has 0 saturated carbocycles. The predicted octanol–water partition coefficient (Wildman–Crippen LogP) is 3.79. The number of carbonyl (C=O) groups excluding carboxylic acids is 2. The summed E-state index contributed by atoms with van der Waals surface area (Å²) in [5, 5.41) is 0.533. The maximum atomic E-state index is 12.1. The van der Waals surface area contributed by atoms with Crippen LogP contribution in [0.1, 0.15) is 27.6 Å². The van der Waals surface area contributed by atoms with Crippen molar-refractivity contribution < 1.29 is 23.8 Å². The highest BCUT2D eigenvalue weighted by Crippen LogP contribution is 2.28. The molecule has 0 heterocycles. The van der Waals surface area contributed by atoms with Gasteiger partial charge in [-0.15, -0.1) is 0 Å². The molecule has 0 amide bonds. The van der Waals surface area contributed by atoms with Gasteiger partial charge < -0.3 is 14.2 Å². The molecular weight excluding hydrogens is 332 g/mol. The summed E-state index contributed by atoms with van der Waals surface area (Å²) in [7, 11) is 1.51. The van der Waals surface area contributed by atoms with Gasteiger partial charge in [-0.2, -0.15) is 0 Å². The van der Waals surface area contributed by atoms with Crippen LogP contribution in [0.5, 0.6) is 11.5 Å². The Kier molecular flexibility index (Phi) is 6.21. The van der Waals surface area contributed by atoms with Gasteiger partial charge in [0.15, 0.2) is 23.9 Å². The lowest BCUT2D eigenvalue weighted by molar-refractivity contribution is 0.0474. The Morgan fingerprint density at radius 1 is 1.00 bits per heavy atom. The van der Waals surface area contributed by atoms with Crippen molar-refractivity contribution in [3.05, 3.63) is 58.6 Å². The third-order valence-corrected chi connectivity index (χ3v) is 3.45. The van der Waals surface area contributed by atoms with Gasteiger partial charge in [0, 0.05) is 10.6 Å². The molecule has 0 fully saturated rings. The predicted molar refractivity (Wildman–Crippen MR) is 90.2 cm³/mol. The molecule has 0 unspecified atom stereocenters. The molecule has 0 N–H and O–H groups in total. The van der Waals surface area contributed by atoms with Crippen LogP contribution >= 0.6 is 11.6 Å². The van der Waals surface area contributed by atoms with Crippen molar-refractivity contribution in [1.29, 1.82) is 0 Å². The van der Waals surface area contributed by atoms with Gasteiger partial charge in [0.2, 0.25) is 0 Å². The summed E-state index contributed by atoms with van der Waals surface area (Å²) in [6.07, 6.45) is 0. The Bertz CT molecular complexity index is 725. The molecule has 0 aliphatic rings. The number of hydrogen-bond donors (Lipinski definition) is 0. The molecule has 0 spiro atoms. The standard InChI is InChI=1S/C18H17ClO5/c1-3-23-17-10-13(6-9-16(17)22-2)18(21)24-11-15(20)12-4-7-14(19)8-5-12/h4-10H,3,11H2,1-2H3. The number of rotatable bonds is 7. The van der Waals surface area contributed by atoms with Crippen LogP contribution in [0.2, 0.25) is 5.02 Å². The number of esters is 1. The topological polar surface area (TPSA) is 61.8 Å². The first-order chi connectivity index (χ1) is 11.5. The van der Waals surface area contributed by atoms with Crippen molar-refractivity contribution in [2.75, 3.05) is 20.3 Å². The first-order valence-electron chi connectivity index (χ1n) is 7.32. The van der Waals surface area contributed by atoms with Gasteiger partial charge >= 0.3 is 5.97 Å². The number of ketones is 1. The van der Waals surface area contributed by atoms with E-state index >= 15 is 0 Å². The third-order valence-electron chi connectivity index (χ3n) is 3.20.